The van der Waals surface area contributed by atoms with Gasteiger partial charge in [0.05, 0.1) is 23.3 Å². The van der Waals surface area contributed by atoms with Gasteiger partial charge in [-0.25, -0.2) is 32.6 Å². The van der Waals surface area contributed by atoms with Gasteiger partial charge < -0.3 is 20.7 Å². The molecular formula is C22H25ClFN7O4S. The second-order valence-corrected chi connectivity index (χ2v) is 11.2. The van der Waals surface area contributed by atoms with Gasteiger partial charge in [0.25, 0.3) is 0 Å². The number of H-pyrrole nitrogens is 1. The van der Waals surface area contributed by atoms with Crippen LogP contribution >= 0.6 is 11.6 Å². The molecule has 1 aliphatic rings. The van der Waals surface area contributed by atoms with Crippen LogP contribution in [-0.4, -0.2) is 58.4 Å². The fourth-order valence-corrected chi connectivity index (χ4v) is 4.36. The Hall–Kier alpha value is -3.45. The monoisotopic (exact) mass is 537 g/mol. The number of rotatable bonds is 9. The molecule has 5 N–H and O–H groups in total. The van der Waals surface area contributed by atoms with Crippen LogP contribution < -0.4 is 15.4 Å². The second kappa shape index (κ2) is 9.54. The van der Waals surface area contributed by atoms with Crippen LogP contribution in [0.2, 0.25) is 5.02 Å². The number of carbonyl (C=O) groups is 1. The Balaban J connectivity index is 1.77. The number of benzene rings is 1. The van der Waals surface area contributed by atoms with Crippen LogP contribution in [0.15, 0.2) is 24.4 Å². The summed E-state index contributed by atoms with van der Waals surface area (Å²) in [5.41, 5.74) is 0.558. The first-order chi connectivity index (χ1) is 16.8. The quantitative estimate of drug-likeness (QED) is 0.275. The molecule has 1 amide bonds. The highest BCUT2D eigenvalue weighted by Crippen LogP contribution is 2.48. The molecule has 0 bridgehead atoms. The van der Waals surface area contributed by atoms with Crippen LogP contribution in [-0.2, 0) is 15.4 Å². The van der Waals surface area contributed by atoms with Crippen molar-refractivity contribution in [3.8, 4) is 22.6 Å². The second-order valence-electron chi connectivity index (χ2n) is 9.06. The van der Waals surface area contributed by atoms with Gasteiger partial charge in [-0.05, 0) is 38.0 Å². The van der Waals surface area contributed by atoms with E-state index in [1.54, 1.807) is 13.0 Å². The average molecular weight is 538 g/mol. The molecule has 1 saturated carbocycles. The molecular weight excluding hydrogens is 513 g/mol. The fourth-order valence-electron chi connectivity index (χ4n) is 3.59. The number of sulfonamides is 1. The molecule has 0 radical (unpaired) electrons. The Kier molecular flexibility index (Phi) is 6.80. The maximum Gasteiger partial charge on any atom is 0.404 e. The summed E-state index contributed by atoms with van der Waals surface area (Å²) in [7, 11) is -3.76. The predicted molar refractivity (Wildman–Crippen MR) is 134 cm³/mol. The molecule has 1 atom stereocenters. The first-order valence-electron chi connectivity index (χ1n) is 11.0. The van der Waals surface area contributed by atoms with E-state index in [0.29, 0.717) is 22.9 Å². The Morgan fingerprint density at radius 3 is 2.69 bits per heavy atom. The van der Waals surface area contributed by atoms with E-state index in [2.05, 4.69) is 30.3 Å². The first kappa shape index (κ1) is 25.6. The lowest BCUT2D eigenvalue weighted by molar-refractivity contribution is 0.191. The third kappa shape index (κ3) is 5.85. The number of halogens is 2. The Morgan fingerprint density at radius 2 is 2.06 bits per heavy atom. The van der Waals surface area contributed by atoms with Crippen LogP contribution in [0.3, 0.4) is 0 Å². The fraction of sp³-hybridized carbons (Fsp3) is 0.364. The van der Waals surface area contributed by atoms with Crippen molar-refractivity contribution in [2.75, 3.05) is 22.8 Å². The molecule has 192 valence electrons. The molecule has 4 rings (SSSR count). The predicted octanol–water partition coefficient (Wildman–Crippen LogP) is 3.82. The molecule has 1 aliphatic carbocycles. The highest BCUT2D eigenvalue weighted by atomic mass is 35.5. The van der Waals surface area contributed by atoms with E-state index in [-0.39, 0.29) is 34.2 Å². The molecule has 1 fully saturated rings. The van der Waals surface area contributed by atoms with Gasteiger partial charge in [0.2, 0.25) is 16.0 Å². The number of nitrogens with one attached hydrogen (secondary N) is 4. The van der Waals surface area contributed by atoms with Gasteiger partial charge in [0, 0.05) is 34.8 Å². The van der Waals surface area contributed by atoms with Gasteiger partial charge in [-0.1, -0.05) is 18.5 Å². The third-order valence-corrected chi connectivity index (χ3v) is 6.52. The van der Waals surface area contributed by atoms with Crippen molar-refractivity contribution in [3.63, 3.8) is 0 Å². The van der Waals surface area contributed by atoms with E-state index >= 15 is 4.39 Å². The number of carboxylic acid groups (broad SMARTS) is 1. The van der Waals surface area contributed by atoms with Crippen LogP contribution in [0.5, 0.6) is 0 Å². The van der Waals surface area contributed by atoms with Crippen molar-refractivity contribution in [1.82, 2.24) is 25.3 Å². The van der Waals surface area contributed by atoms with E-state index in [4.69, 9.17) is 21.7 Å². The van der Waals surface area contributed by atoms with Crippen molar-refractivity contribution in [3.05, 3.63) is 41.1 Å². The molecule has 0 saturated heterocycles. The van der Waals surface area contributed by atoms with Crippen LogP contribution in [0.4, 0.5) is 20.8 Å². The minimum atomic E-state index is -3.76. The number of aromatic nitrogens is 4. The number of aromatic amines is 1. The Bertz CT molecular complexity index is 1430. The minimum absolute atomic E-state index is 0.0269. The third-order valence-electron chi connectivity index (χ3n) is 5.71. The zero-order chi connectivity index (χ0) is 26.3. The molecule has 3 aromatic rings. The van der Waals surface area contributed by atoms with Crippen molar-refractivity contribution in [1.29, 1.82) is 0 Å². The normalized spacial score (nSPS) is 15.2. The van der Waals surface area contributed by atoms with Crippen molar-refractivity contribution in [2.45, 2.75) is 38.1 Å². The highest BCUT2D eigenvalue weighted by molar-refractivity contribution is 7.92. The number of imidazole rings is 1. The lowest BCUT2D eigenvalue weighted by Crippen LogP contribution is -2.36. The van der Waals surface area contributed by atoms with E-state index < -0.39 is 28.0 Å². The number of amides is 1. The average Bonchev–Trinajstić information content (AvgIpc) is 3.36. The zero-order valence-corrected chi connectivity index (χ0v) is 21.3. The van der Waals surface area contributed by atoms with Crippen LogP contribution in [0.25, 0.3) is 22.6 Å². The summed E-state index contributed by atoms with van der Waals surface area (Å²) < 4.78 is 41.2. The van der Waals surface area contributed by atoms with Crippen molar-refractivity contribution >= 4 is 39.4 Å². The maximum absolute atomic E-state index is 15.5. The summed E-state index contributed by atoms with van der Waals surface area (Å²) in [4.78, 5) is 27.4. The molecule has 1 aromatic carbocycles. The van der Waals surface area contributed by atoms with E-state index in [9.17, 15) is 13.2 Å². The number of hydrogen-bond donors (Lipinski definition) is 5. The van der Waals surface area contributed by atoms with E-state index in [1.165, 1.54) is 18.3 Å². The van der Waals surface area contributed by atoms with Crippen molar-refractivity contribution < 1.29 is 22.7 Å². The zero-order valence-electron chi connectivity index (χ0n) is 19.7. The standard InChI is InChI=1S/C22H25ClFN7O4S/c1-11(27-21(32)33)10-26-20-25-7-4-14(28-20)18-17(29-19(30-18)22(2)5-6-22)13-8-12(23)9-15(16(13)24)31-36(3,34)35/h4,7-9,11,27,31H,5-6,10H2,1-3H3,(H,29,30)(H,32,33)(H,25,26,28)/t11-/m0/s1. The summed E-state index contributed by atoms with van der Waals surface area (Å²) in [6, 6.07) is 3.79. The van der Waals surface area contributed by atoms with E-state index in [0.717, 1.165) is 19.1 Å². The summed E-state index contributed by atoms with van der Waals surface area (Å²) in [6.07, 6.45) is 3.09. The van der Waals surface area contributed by atoms with Gasteiger partial charge in [-0.15, -0.1) is 0 Å². The smallest absolute Gasteiger partial charge is 0.404 e. The van der Waals surface area contributed by atoms with Crippen molar-refractivity contribution in [2.24, 2.45) is 0 Å². The molecule has 0 aliphatic heterocycles. The minimum Gasteiger partial charge on any atom is -0.465 e. The SMILES string of the molecule is C[C@@H](CNc1nccc(-c2nc(C3(C)CC3)[nH]c2-c2cc(Cl)cc(NS(C)(=O)=O)c2F)n1)NC(=O)O. The highest BCUT2D eigenvalue weighted by Gasteiger charge is 2.43. The number of anilines is 2. The molecule has 2 aromatic heterocycles. The van der Waals surface area contributed by atoms with Gasteiger partial charge in [0.1, 0.15) is 11.5 Å². The van der Waals surface area contributed by atoms with Gasteiger partial charge in [0.15, 0.2) is 5.82 Å². The molecule has 36 heavy (non-hydrogen) atoms. The first-order valence-corrected chi connectivity index (χ1v) is 13.3. The summed E-state index contributed by atoms with van der Waals surface area (Å²) in [6.45, 7) is 3.95. The lowest BCUT2D eigenvalue weighted by atomic mass is 10.1. The Morgan fingerprint density at radius 1 is 1.33 bits per heavy atom. The number of nitrogens with zero attached hydrogens (tertiary/aromatic N) is 3. The summed E-state index contributed by atoms with van der Waals surface area (Å²) in [5, 5.41) is 14.3. The summed E-state index contributed by atoms with van der Waals surface area (Å²) in [5.74, 6) is 0.0609. The molecule has 2 heterocycles. The number of hydrogen-bond acceptors (Lipinski definition) is 7. The maximum atomic E-state index is 15.5. The van der Waals surface area contributed by atoms with Gasteiger partial charge in [-0.2, -0.15) is 0 Å². The van der Waals surface area contributed by atoms with E-state index in [1.807, 2.05) is 6.92 Å². The Labute approximate surface area is 212 Å². The topological polar surface area (TPSA) is 162 Å². The molecule has 0 spiro atoms. The molecule has 0 unspecified atom stereocenters. The van der Waals surface area contributed by atoms with Gasteiger partial charge >= 0.3 is 6.09 Å². The molecule has 14 heteroatoms. The van der Waals surface area contributed by atoms with Gasteiger partial charge in [-0.3, -0.25) is 4.72 Å². The summed E-state index contributed by atoms with van der Waals surface area (Å²) >= 11 is 6.22. The lowest BCUT2D eigenvalue weighted by Gasteiger charge is -2.13. The van der Waals surface area contributed by atoms with Crippen LogP contribution in [0.1, 0.15) is 32.5 Å². The largest absolute Gasteiger partial charge is 0.465 e. The molecule has 11 nitrogen and oxygen atoms in total. The van der Waals surface area contributed by atoms with Crippen LogP contribution in [0, 0.1) is 5.82 Å².